The lowest BCUT2D eigenvalue weighted by atomic mass is 9.52. The summed E-state index contributed by atoms with van der Waals surface area (Å²) in [7, 11) is 0. The normalized spacial score (nSPS) is 50.0. The molecule has 88 valence electrons. The van der Waals surface area contributed by atoms with Gasteiger partial charge in [0.15, 0.2) is 0 Å². The number of hydrogen-bond donors (Lipinski definition) is 0. The zero-order chi connectivity index (χ0) is 10.5. The van der Waals surface area contributed by atoms with Gasteiger partial charge in [0.25, 0.3) is 0 Å². The molecule has 0 nitrogen and oxygen atoms in total. The zero-order valence-electron chi connectivity index (χ0n) is 10.3. The fourth-order valence-corrected chi connectivity index (χ4v) is 5.51. The summed E-state index contributed by atoms with van der Waals surface area (Å²) in [5.74, 6) is 5.50. The average Bonchev–Trinajstić information content (AvgIpc) is 2.75. The molecule has 0 saturated heterocycles. The zero-order valence-corrected chi connectivity index (χ0v) is 10.3. The highest BCUT2D eigenvalue weighted by Crippen LogP contribution is 2.57. The Balaban J connectivity index is 1.57. The van der Waals surface area contributed by atoms with Crippen LogP contribution in [0, 0.1) is 29.6 Å². The highest BCUT2D eigenvalue weighted by Gasteiger charge is 2.47. The molecule has 0 aromatic rings. The van der Waals surface area contributed by atoms with Crippen LogP contribution in [0.1, 0.15) is 57.8 Å². The van der Waals surface area contributed by atoms with Gasteiger partial charge in [0, 0.05) is 0 Å². The molecule has 0 aromatic carbocycles. The molecule has 0 spiro atoms. The number of hydrogen-bond acceptors (Lipinski definition) is 0. The van der Waals surface area contributed by atoms with Crippen LogP contribution >= 0.6 is 0 Å². The Hall–Kier alpha value is -0.260. The quantitative estimate of drug-likeness (QED) is 0.564. The molecular weight excluding hydrogens is 192 g/mol. The van der Waals surface area contributed by atoms with Crippen molar-refractivity contribution in [3.8, 4) is 0 Å². The van der Waals surface area contributed by atoms with Crippen molar-refractivity contribution in [2.75, 3.05) is 0 Å². The second-order valence-corrected chi connectivity index (χ2v) is 7.04. The summed E-state index contributed by atoms with van der Waals surface area (Å²) >= 11 is 0. The smallest absolute Gasteiger partial charge is 0.0174 e. The molecule has 0 radical (unpaired) electrons. The van der Waals surface area contributed by atoms with Crippen LogP contribution in [0.25, 0.3) is 0 Å². The van der Waals surface area contributed by atoms with Crippen molar-refractivity contribution in [2.24, 2.45) is 29.6 Å². The van der Waals surface area contributed by atoms with E-state index in [4.69, 9.17) is 0 Å². The van der Waals surface area contributed by atoms with Crippen LogP contribution in [0.3, 0.4) is 0 Å². The van der Waals surface area contributed by atoms with E-state index in [1.54, 1.807) is 32.1 Å². The Labute approximate surface area is 99.5 Å². The van der Waals surface area contributed by atoms with Crippen molar-refractivity contribution >= 4 is 0 Å². The number of allylic oxidation sites excluding steroid dienone is 2. The molecule has 0 aliphatic heterocycles. The highest BCUT2D eigenvalue weighted by atomic mass is 14.5. The van der Waals surface area contributed by atoms with Crippen LogP contribution in [-0.2, 0) is 0 Å². The van der Waals surface area contributed by atoms with E-state index in [2.05, 4.69) is 6.08 Å². The first kappa shape index (κ1) is 9.74. The summed E-state index contributed by atoms with van der Waals surface area (Å²) in [6.45, 7) is 0. The van der Waals surface area contributed by atoms with Gasteiger partial charge in [-0.15, -0.1) is 0 Å². The fourth-order valence-electron chi connectivity index (χ4n) is 5.51. The van der Waals surface area contributed by atoms with E-state index in [9.17, 15) is 0 Å². The van der Waals surface area contributed by atoms with Gasteiger partial charge in [-0.3, -0.25) is 0 Å². The van der Waals surface area contributed by atoms with Crippen LogP contribution in [-0.4, -0.2) is 0 Å². The third-order valence-electron chi connectivity index (χ3n) is 5.97. The van der Waals surface area contributed by atoms with Crippen molar-refractivity contribution in [3.63, 3.8) is 0 Å². The Kier molecular flexibility index (Phi) is 2.20. The van der Waals surface area contributed by atoms with Crippen LogP contribution in [0.4, 0.5) is 0 Å². The predicted octanol–water partition coefficient (Wildman–Crippen LogP) is 4.56. The van der Waals surface area contributed by atoms with E-state index in [0.717, 1.165) is 29.6 Å². The van der Waals surface area contributed by atoms with Gasteiger partial charge in [0.1, 0.15) is 0 Å². The molecule has 16 heavy (non-hydrogen) atoms. The van der Waals surface area contributed by atoms with Crippen LogP contribution in [0.5, 0.6) is 0 Å². The SMILES string of the molecule is C(=C1CCCC1)C1C2CC3CC(C2)CC1C3. The van der Waals surface area contributed by atoms with Crippen molar-refractivity contribution in [2.45, 2.75) is 57.8 Å². The van der Waals surface area contributed by atoms with E-state index in [1.165, 1.54) is 25.7 Å². The van der Waals surface area contributed by atoms with Gasteiger partial charge in [-0.2, -0.15) is 0 Å². The van der Waals surface area contributed by atoms with Crippen LogP contribution in [0.2, 0.25) is 0 Å². The number of rotatable bonds is 1. The Bertz CT molecular complexity index is 276. The van der Waals surface area contributed by atoms with Gasteiger partial charge in [-0.1, -0.05) is 11.6 Å². The standard InChI is InChI=1S/C16H24/c1-2-4-11(3-1)10-16-14-6-12-5-13(8-14)9-15(16)7-12/h10,12-16H,1-9H2. The molecule has 5 aliphatic rings. The monoisotopic (exact) mass is 216 g/mol. The lowest BCUT2D eigenvalue weighted by Gasteiger charge is -2.54. The van der Waals surface area contributed by atoms with Gasteiger partial charge in [-0.25, -0.2) is 0 Å². The third-order valence-corrected chi connectivity index (χ3v) is 5.97. The minimum atomic E-state index is 1.01. The molecule has 5 rings (SSSR count). The molecule has 5 fully saturated rings. The minimum Gasteiger partial charge on any atom is -0.0817 e. The van der Waals surface area contributed by atoms with Gasteiger partial charge in [0.05, 0.1) is 0 Å². The largest absolute Gasteiger partial charge is 0.0817 e. The first-order valence-electron chi connectivity index (χ1n) is 7.58. The van der Waals surface area contributed by atoms with Gasteiger partial charge in [0.2, 0.25) is 0 Å². The summed E-state index contributed by atoms with van der Waals surface area (Å²) in [6, 6.07) is 0. The highest BCUT2D eigenvalue weighted by molar-refractivity contribution is 5.13. The van der Waals surface area contributed by atoms with E-state index < -0.39 is 0 Å². The molecular formula is C16H24. The first-order valence-corrected chi connectivity index (χ1v) is 7.58. The van der Waals surface area contributed by atoms with Gasteiger partial charge >= 0.3 is 0 Å². The molecule has 0 aromatic heterocycles. The summed E-state index contributed by atoms with van der Waals surface area (Å²) in [5.41, 5.74) is 1.83. The summed E-state index contributed by atoms with van der Waals surface area (Å²) in [4.78, 5) is 0. The second kappa shape index (κ2) is 3.62. The summed E-state index contributed by atoms with van der Waals surface area (Å²) < 4.78 is 0. The van der Waals surface area contributed by atoms with Crippen molar-refractivity contribution in [1.29, 1.82) is 0 Å². The first-order chi connectivity index (χ1) is 7.88. The second-order valence-electron chi connectivity index (χ2n) is 7.04. The Morgan fingerprint density at radius 2 is 1.31 bits per heavy atom. The van der Waals surface area contributed by atoms with Crippen molar-refractivity contribution in [1.82, 2.24) is 0 Å². The Morgan fingerprint density at radius 3 is 1.88 bits per heavy atom. The molecule has 0 amide bonds. The van der Waals surface area contributed by atoms with E-state index >= 15 is 0 Å². The summed E-state index contributed by atoms with van der Waals surface area (Å²) in [5, 5.41) is 0. The molecule has 5 aliphatic carbocycles. The molecule has 0 heterocycles. The molecule has 0 atom stereocenters. The van der Waals surface area contributed by atoms with Crippen molar-refractivity contribution in [3.05, 3.63) is 11.6 Å². The summed E-state index contributed by atoms with van der Waals surface area (Å²) in [6.07, 6.45) is 16.5. The molecule has 0 unspecified atom stereocenters. The molecule has 0 N–H and O–H groups in total. The minimum absolute atomic E-state index is 1.01. The average molecular weight is 216 g/mol. The maximum atomic E-state index is 2.76. The predicted molar refractivity (Wildman–Crippen MR) is 67.1 cm³/mol. The van der Waals surface area contributed by atoms with Gasteiger partial charge in [-0.05, 0) is 87.4 Å². The lowest BCUT2D eigenvalue weighted by molar-refractivity contribution is -0.0165. The maximum absolute atomic E-state index is 2.76. The third kappa shape index (κ3) is 1.49. The molecule has 5 saturated carbocycles. The topological polar surface area (TPSA) is 0 Å². The maximum Gasteiger partial charge on any atom is -0.0174 e. The lowest BCUT2D eigenvalue weighted by Crippen LogP contribution is -2.44. The fraction of sp³-hybridized carbons (Fsp3) is 0.875. The van der Waals surface area contributed by atoms with E-state index in [0.29, 0.717) is 0 Å². The van der Waals surface area contributed by atoms with Crippen LogP contribution in [0.15, 0.2) is 11.6 Å². The molecule has 0 heteroatoms. The Morgan fingerprint density at radius 1 is 0.750 bits per heavy atom. The van der Waals surface area contributed by atoms with E-state index in [-0.39, 0.29) is 0 Å². The van der Waals surface area contributed by atoms with E-state index in [1.807, 2.05) is 5.57 Å². The van der Waals surface area contributed by atoms with Gasteiger partial charge < -0.3 is 0 Å². The van der Waals surface area contributed by atoms with Crippen molar-refractivity contribution < 1.29 is 0 Å². The van der Waals surface area contributed by atoms with Crippen LogP contribution < -0.4 is 0 Å². The molecule has 4 bridgehead atoms.